The molecule has 2 amide bonds. The number of carbonyl (C=O) groups excluding carboxylic acids is 2. The summed E-state index contributed by atoms with van der Waals surface area (Å²) >= 11 is 1.00. The van der Waals surface area contributed by atoms with Gasteiger partial charge in [-0.1, -0.05) is 49.0 Å². The number of hydrogen-bond donors (Lipinski definition) is 2. The van der Waals surface area contributed by atoms with Gasteiger partial charge >= 0.3 is 12.1 Å². The van der Waals surface area contributed by atoms with Gasteiger partial charge in [0.1, 0.15) is 5.60 Å². The van der Waals surface area contributed by atoms with Crippen LogP contribution >= 0.6 is 11.8 Å². The predicted molar refractivity (Wildman–Crippen MR) is 119 cm³/mol. The molecular weight excluding hydrogens is 416 g/mol. The third-order valence-corrected chi connectivity index (χ3v) is 6.00. The predicted octanol–water partition coefficient (Wildman–Crippen LogP) is 4.61. The first-order chi connectivity index (χ1) is 14.6. The van der Waals surface area contributed by atoms with E-state index in [0.717, 1.165) is 18.2 Å². The van der Waals surface area contributed by atoms with Gasteiger partial charge in [0, 0.05) is 17.0 Å². The number of amides is 2. The number of carboxylic acid groups (broad SMARTS) is 1. The van der Waals surface area contributed by atoms with Crippen molar-refractivity contribution in [3.05, 3.63) is 59.7 Å². The number of para-hydroxylation sites is 1. The highest BCUT2D eigenvalue weighted by atomic mass is 32.2. The summed E-state index contributed by atoms with van der Waals surface area (Å²) < 4.78 is 5.45. The number of fused-ring (bicyclic) bond motifs is 1. The van der Waals surface area contributed by atoms with Crippen LogP contribution in [0.4, 0.5) is 10.5 Å². The second-order valence-electron chi connectivity index (χ2n) is 8.19. The van der Waals surface area contributed by atoms with Crippen molar-refractivity contribution in [1.82, 2.24) is 5.32 Å². The third-order valence-electron chi connectivity index (χ3n) is 4.63. The fraction of sp³-hybridized carbons (Fsp3) is 0.348. The fourth-order valence-corrected chi connectivity index (χ4v) is 4.81. The molecule has 0 aromatic heterocycles. The number of anilines is 1. The standard InChI is InChI=1S/C23H26N2O5S/c1-5-14-25-17-12-8-7-11-16(17)23(20(25)28,24-21(29)30-22(2,3)4)31-18-13-9-6-10-15(18)19(26)27/h6-13H,5,14H2,1-4H3,(H,24,29)(H,26,27). The summed E-state index contributed by atoms with van der Waals surface area (Å²) in [4.78, 5) is 38.8. The van der Waals surface area contributed by atoms with Crippen LogP contribution in [0.15, 0.2) is 53.4 Å². The Balaban J connectivity index is 2.15. The molecule has 164 valence electrons. The van der Waals surface area contributed by atoms with Crippen molar-refractivity contribution in [3.63, 3.8) is 0 Å². The van der Waals surface area contributed by atoms with E-state index in [1.165, 1.54) is 6.07 Å². The normalized spacial score (nSPS) is 17.9. The summed E-state index contributed by atoms with van der Waals surface area (Å²) in [5.74, 6) is -1.45. The molecule has 2 aromatic rings. The maximum atomic E-state index is 13.7. The van der Waals surface area contributed by atoms with E-state index in [1.807, 2.05) is 19.1 Å². The highest BCUT2D eigenvalue weighted by Crippen LogP contribution is 2.50. The maximum absolute atomic E-state index is 13.7. The highest BCUT2D eigenvalue weighted by Gasteiger charge is 2.53. The first-order valence-electron chi connectivity index (χ1n) is 10.0. The molecule has 0 saturated carbocycles. The summed E-state index contributed by atoms with van der Waals surface area (Å²) in [5, 5.41) is 12.4. The quantitative estimate of drug-likeness (QED) is 0.634. The number of aromatic carboxylic acids is 1. The van der Waals surface area contributed by atoms with Gasteiger partial charge < -0.3 is 14.7 Å². The lowest BCUT2D eigenvalue weighted by Gasteiger charge is -2.31. The molecule has 1 heterocycles. The number of benzene rings is 2. The van der Waals surface area contributed by atoms with E-state index < -0.39 is 22.5 Å². The zero-order chi connectivity index (χ0) is 22.8. The Morgan fingerprint density at radius 2 is 1.77 bits per heavy atom. The van der Waals surface area contributed by atoms with E-state index >= 15 is 0 Å². The van der Waals surface area contributed by atoms with Gasteiger partial charge in [-0.2, -0.15) is 0 Å². The third kappa shape index (κ3) is 4.54. The maximum Gasteiger partial charge on any atom is 0.409 e. The van der Waals surface area contributed by atoms with Crippen molar-refractivity contribution < 1.29 is 24.2 Å². The second-order valence-corrected chi connectivity index (χ2v) is 9.44. The van der Waals surface area contributed by atoms with E-state index in [2.05, 4.69) is 5.32 Å². The lowest BCUT2D eigenvalue weighted by Crippen LogP contribution is -2.52. The molecular formula is C23H26N2O5S. The van der Waals surface area contributed by atoms with Crippen molar-refractivity contribution in [1.29, 1.82) is 0 Å². The number of hydrogen-bond acceptors (Lipinski definition) is 5. The van der Waals surface area contributed by atoms with Gasteiger partial charge in [0.25, 0.3) is 5.91 Å². The number of nitrogens with one attached hydrogen (secondary N) is 1. The molecule has 8 heteroatoms. The van der Waals surface area contributed by atoms with E-state index in [4.69, 9.17) is 4.74 Å². The van der Waals surface area contributed by atoms with Gasteiger partial charge in [-0.05, 0) is 45.4 Å². The molecule has 0 aliphatic carbocycles. The zero-order valence-corrected chi connectivity index (χ0v) is 18.8. The van der Waals surface area contributed by atoms with Crippen LogP contribution in [0.2, 0.25) is 0 Å². The Hall–Kier alpha value is -3.00. The van der Waals surface area contributed by atoms with Crippen LogP contribution in [0.5, 0.6) is 0 Å². The summed E-state index contributed by atoms with van der Waals surface area (Å²) in [6.45, 7) is 7.64. The van der Waals surface area contributed by atoms with E-state index in [-0.39, 0.29) is 11.5 Å². The molecule has 2 N–H and O–H groups in total. The van der Waals surface area contributed by atoms with Crippen molar-refractivity contribution in [2.45, 2.75) is 49.5 Å². The molecule has 0 fully saturated rings. The van der Waals surface area contributed by atoms with Gasteiger partial charge in [-0.3, -0.25) is 10.1 Å². The van der Waals surface area contributed by atoms with Crippen molar-refractivity contribution in [2.75, 3.05) is 11.4 Å². The number of nitrogens with zero attached hydrogens (tertiary/aromatic N) is 1. The van der Waals surface area contributed by atoms with Crippen molar-refractivity contribution in [3.8, 4) is 0 Å². The molecule has 1 aliphatic heterocycles. The van der Waals surface area contributed by atoms with Crippen LogP contribution in [-0.2, 0) is 14.4 Å². The highest BCUT2D eigenvalue weighted by molar-refractivity contribution is 8.01. The molecule has 0 spiro atoms. The molecule has 31 heavy (non-hydrogen) atoms. The minimum atomic E-state index is -1.56. The average Bonchev–Trinajstić information content (AvgIpc) is 2.90. The van der Waals surface area contributed by atoms with Crippen LogP contribution in [0.3, 0.4) is 0 Å². The van der Waals surface area contributed by atoms with Crippen LogP contribution in [0.1, 0.15) is 50.0 Å². The van der Waals surface area contributed by atoms with Gasteiger partial charge in [-0.25, -0.2) is 9.59 Å². The molecule has 0 bridgehead atoms. The van der Waals surface area contributed by atoms with Crippen molar-refractivity contribution >= 4 is 35.4 Å². The minimum absolute atomic E-state index is 0.0529. The number of carbonyl (C=O) groups is 3. The largest absolute Gasteiger partial charge is 0.478 e. The number of carboxylic acids is 1. The molecule has 3 rings (SSSR count). The minimum Gasteiger partial charge on any atom is -0.478 e. The van der Waals surface area contributed by atoms with Crippen LogP contribution in [-0.4, -0.2) is 35.2 Å². The number of rotatable bonds is 6. The monoisotopic (exact) mass is 442 g/mol. The summed E-state index contributed by atoms with van der Waals surface area (Å²) in [5.41, 5.74) is 0.562. The Morgan fingerprint density at radius 3 is 2.42 bits per heavy atom. The Morgan fingerprint density at radius 1 is 1.13 bits per heavy atom. The van der Waals surface area contributed by atoms with Crippen LogP contribution in [0, 0.1) is 0 Å². The molecule has 0 radical (unpaired) electrons. The zero-order valence-electron chi connectivity index (χ0n) is 18.0. The number of ether oxygens (including phenoxy) is 1. The molecule has 7 nitrogen and oxygen atoms in total. The first-order valence-corrected chi connectivity index (χ1v) is 10.8. The molecule has 0 saturated heterocycles. The molecule has 1 atom stereocenters. The topological polar surface area (TPSA) is 95.9 Å². The second kappa shape index (κ2) is 8.63. The van der Waals surface area contributed by atoms with Gasteiger partial charge in [0.2, 0.25) is 4.87 Å². The van der Waals surface area contributed by atoms with Gasteiger partial charge in [0.15, 0.2) is 0 Å². The first kappa shape index (κ1) is 22.7. The summed E-state index contributed by atoms with van der Waals surface area (Å²) in [6.07, 6.45) is -0.0341. The lowest BCUT2D eigenvalue weighted by molar-refractivity contribution is -0.121. The fourth-order valence-electron chi connectivity index (χ4n) is 3.46. The Kier molecular flexibility index (Phi) is 6.31. The van der Waals surface area contributed by atoms with E-state index in [0.29, 0.717) is 22.7 Å². The van der Waals surface area contributed by atoms with Crippen LogP contribution < -0.4 is 10.2 Å². The van der Waals surface area contributed by atoms with E-state index in [9.17, 15) is 19.5 Å². The van der Waals surface area contributed by atoms with Gasteiger partial charge in [0.05, 0.1) is 11.3 Å². The Bertz CT molecular complexity index is 1020. The smallest absolute Gasteiger partial charge is 0.409 e. The lowest BCUT2D eigenvalue weighted by atomic mass is 10.1. The van der Waals surface area contributed by atoms with E-state index in [1.54, 1.807) is 56.0 Å². The molecule has 1 unspecified atom stereocenters. The molecule has 1 aliphatic rings. The van der Waals surface area contributed by atoms with Crippen LogP contribution in [0.25, 0.3) is 0 Å². The van der Waals surface area contributed by atoms with Crippen molar-refractivity contribution in [2.24, 2.45) is 0 Å². The number of thioether (sulfide) groups is 1. The SMILES string of the molecule is CCCN1C(=O)C(NC(=O)OC(C)(C)C)(Sc2ccccc2C(=O)O)c2ccccc21. The average molecular weight is 443 g/mol. The Labute approximate surface area is 185 Å². The summed E-state index contributed by atoms with van der Waals surface area (Å²) in [7, 11) is 0. The summed E-state index contributed by atoms with van der Waals surface area (Å²) in [6, 6.07) is 13.6. The molecule has 2 aromatic carbocycles. The van der Waals surface area contributed by atoms with Gasteiger partial charge in [-0.15, -0.1) is 0 Å². The number of alkyl carbamates (subject to hydrolysis) is 1.